The highest BCUT2D eigenvalue weighted by atomic mass is 32.1. The zero-order valence-corrected chi connectivity index (χ0v) is 8.06. The van der Waals surface area contributed by atoms with Gasteiger partial charge in [-0.15, -0.1) is 11.3 Å². The van der Waals surface area contributed by atoms with Gasteiger partial charge in [0.25, 0.3) is 0 Å². The van der Waals surface area contributed by atoms with Crippen molar-refractivity contribution in [1.29, 1.82) is 0 Å². The largest absolute Gasteiger partial charge is 0.464 e. The number of anilines is 1. The number of nitrogens with one attached hydrogen (secondary N) is 1. The summed E-state index contributed by atoms with van der Waals surface area (Å²) < 4.78 is 4.90. The van der Waals surface area contributed by atoms with Gasteiger partial charge in [0.15, 0.2) is 0 Å². The van der Waals surface area contributed by atoms with Crippen LogP contribution in [0.3, 0.4) is 0 Å². The highest BCUT2D eigenvalue weighted by molar-refractivity contribution is 7.14. The fraction of sp³-hybridized carbons (Fsp3) is 0.500. The third-order valence-corrected chi connectivity index (χ3v) is 2.72. The van der Waals surface area contributed by atoms with Gasteiger partial charge in [0, 0.05) is 6.42 Å². The molecule has 13 heavy (non-hydrogen) atoms. The number of rotatable bonds is 2. The molecule has 1 aliphatic heterocycles. The molecule has 1 aromatic rings. The Balaban J connectivity index is 2.01. The summed E-state index contributed by atoms with van der Waals surface area (Å²) in [5.74, 6) is -0.187. The monoisotopic (exact) mass is 198 g/mol. The first-order chi connectivity index (χ1) is 6.31. The van der Waals surface area contributed by atoms with E-state index >= 15 is 0 Å². The molecule has 1 aromatic heterocycles. The van der Waals surface area contributed by atoms with Crippen molar-refractivity contribution in [3.63, 3.8) is 0 Å². The lowest BCUT2D eigenvalue weighted by Gasteiger charge is -2.08. The Labute approximate surface area is 79.9 Å². The highest BCUT2D eigenvalue weighted by Crippen LogP contribution is 2.28. The standard InChI is InChI=1S/C8H10N2O2S/c1-2-12-8(11)6-3-5-7(10-6)13-4-9-5/h4,6,10H,2-3H2,1H3. The predicted octanol–water partition coefficient (Wildman–Crippen LogP) is 1.04. The molecule has 0 aliphatic carbocycles. The van der Waals surface area contributed by atoms with E-state index in [1.165, 1.54) is 11.3 Å². The van der Waals surface area contributed by atoms with Gasteiger partial charge in [-0.05, 0) is 6.92 Å². The normalized spacial score (nSPS) is 19.3. The van der Waals surface area contributed by atoms with Crippen LogP contribution in [0.25, 0.3) is 0 Å². The van der Waals surface area contributed by atoms with Crippen LogP contribution in [0, 0.1) is 0 Å². The molecule has 1 N–H and O–H groups in total. The fourth-order valence-electron chi connectivity index (χ4n) is 1.32. The Morgan fingerprint density at radius 3 is 3.46 bits per heavy atom. The maximum Gasteiger partial charge on any atom is 0.328 e. The van der Waals surface area contributed by atoms with Crippen LogP contribution in [0.2, 0.25) is 0 Å². The van der Waals surface area contributed by atoms with E-state index < -0.39 is 0 Å². The van der Waals surface area contributed by atoms with Crippen molar-refractivity contribution in [2.75, 3.05) is 11.9 Å². The third kappa shape index (κ3) is 1.51. The molecule has 1 aliphatic rings. The van der Waals surface area contributed by atoms with Gasteiger partial charge < -0.3 is 10.1 Å². The summed E-state index contributed by atoms with van der Waals surface area (Å²) in [6, 6.07) is -0.227. The van der Waals surface area contributed by atoms with E-state index in [4.69, 9.17) is 4.74 Å². The summed E-state index contributed by atoms with van der Waals surface area (Å²) in [7, 11) is 0. The highest BCUT2D eigenvalue weighted by Gasteiger charge is 2.29. The van der Waals surface area contributed by atoms with E-state index in [0.717, 1.165) is 10.7 Å². The summed E-state index contributed by atoms with van der Waals surface area (Å²) in [4.78, 5) is 15.4. The van der Waals surface area contributed by atoms with E-state index in [1.807, 2.05) is 0 Å². The first-order valence-electron chi connectivity index (χ1n) is 4.16. The minimum Gasteiger partial charge on any atom is -0.464 e. The minimum absolute atomic E-state index is 0.187. The van der Waals surface area contributed by atoms with Crippen molar-refractivity contribution in [3.8, 4) is 0 Å². The average molecular weight is 198 g/mol. The summed E-state index contributed by atoms with van der Waals surface area (Å²) in [6.45, 7) is 2.24. The number of ether oxygens (including phenoxy) is 1. The van der Waals surface area contributed by atoms with Gasteiger partial charge in [0.1, 0.15) is 11.0 Å². The van der Waals surface area contributed by atoms with E-state index in [0.29, 0.717) is 13.0 Å². The molecule has 0 aromatic carbocycles. The summed E-state index contributed by atoms with van der Waals surface area (Å²) in [5, 5.41) is 4.08. The van der Waals surface area contributed by atoms with Crippen LogP contribution < -0.4 is 5.32 Å². The van der Waals surface area contributed by atoms with Crippen LogP contribution in [0.4, 0.5) is 5.00 Å². The molecule has 5 heteroatoms. The van der Waals surface area contributed by atoms with Crippen LogP contribution >= 0.6 is 11.3 Å². The third-order valence-electron chi connectivity index (χ3n) is 1.92. The van der Waals surface area contributed by atoms with Crippen LogP contribution in [0.1, 0.15) is 12.6 Å². The predicted molar refractivity (Wildman–Crippen MR) is 49.9 cm³/mol. The Morgan fingerprint density at radius 2 is 2.77 bits per heavy atom. The van der Waals surface area contributed by atoms with Crippen LogP contribution in [-0.4, -0.2) is 23.6 Å². The van der Waals surface area contributed by atoms with Gasteiger partial charge in [-0.1, -0.05) is 0 Å². The molecule has 0 spiro atoms. The van der Waals surface area contributed by atoms with Crippen LogP contribution in [0.5, 0.6) is 0 Å². The average Bonchev–Trinajstić information content (AvgIpc) is 2.61. The maximum absolute atomic E-state index is 11.3. The smallest absolute Gasteiger partial charge is 0.328 e. The molecule has 2 heterocycles. The fourth-order valence-corrected chi connectivity index (χ4v) is 2.09. The lowest BCUT2D eigenvalue weighted by molar-refractivity contribution is -0.143. The molecule has 4 nitrogen and oxygen atoms in total. The van der Waals surface area contributed by atoms with Gasteiger partial charge >= 0.3 is 5.97 Å². The molecule has 0 saturated carbocycles. The van der Waals surface area contributed by atoms with Gasteiger partial charge in [0.05, 0.1) is 17.8 Å². The van der Waals surface area contributed by atoms with Gasteiger partial charge in [-0.3, -0.25) is 0 Å². The molecule has 0 fully saturated rings. The molecular weight excluding hydrogens is 188 g/mol. The Kier molecular flexibility index (Phi) is 2.18. The van der Waals surface area contributed by atoms with Crippen LogP contribution in [-0.2, 0) is 16.0 Å². The number of hydrogen-bond donors (Lipinski definition) is 1. The molecular formula is C8H10N2O2S. The zero-order chi connectivity index (χ0) is 9.26. The van der Waals surface area contributed by atoms with E-state index in [2.05, 4.69) is 10.3 Å². The Hall–Kier alpha value is -1.10. The molecule has 70 valence electrons. The van der Waals surface area contributed by atoms with Gasteiger partial charge in [-0.25, -0.2) is 9.78 Å². The lowest BCUT2D eigenvalue weighted by atomic mass is 10.2. The molecule has 2 rings (SSSR count). The number of thiazole rings is 1. The molecule has 0 amide bonds. The van der Waals surface area contributed by atoms with Crippen molar-refractivity contribution < 1.29 is 9.53 Å². The van der Waals surface area contributed by atoms with Gasteiger partial charge in [-0.2, -0.15) is 0 Å². The topological polar surface area (TPSA) is 51.2 Å². The number of nitrogens with zero attached hydrogens (tertiary/aromatic N) is 1. The second kappa shape index (κ2) is 3.33. The molecule has 0 bridgehead atoms. The lowest BCUT2D eigenvalue weighted by Crippen LogP contribution is -2.29. The number of carbonyl (C=O) groups excluding carboxylic acids is 1. The number of hydrogen-bond acceptors (Lipinski definition) is 5. The van der Waals surface area contributed by atoms with Crippen molar-refractivity contribution in [3.05, 3.63) is 11.2 Å². The Morgan fingerprint density at radius 1 is 1.92 bits per heavy atom. The van der Waals surface area contributed by atoms with Crippen molar-refractivity contribution >= 4 is 22.3 Å². The zero-order valence-electron chi connectivity index (χ0n) is 7.24. The van der Waals surface area contributed by atoms with E-state index in [9.17, 15) is 4.79 Å². The summed E-state index contributed by atoms with van der Waals surface area (Å²) in [6.07, 6.45) is 0.650. The van der Waals surface area contributed by atoms with Crippen LogP contribution in [0.15, 0.2) is 5.51 Å². The van der Waals surface area contributed by atoms with Crippen molar-refractivity contribution in [1.82, 2.24) is 4.98 Å². The number of esters is 1. The minimum atomic E-state index is -0.227. The summed E-state index contributed by atoms with van der Waals surface area (Å²) in [5.41, 5.74) is 2.75. The summed E-state index contributed by atoms with van der Waals surface area (Å²) >= 11 is 1.52. The van der Waals surface area contributed by atoms with Crippen molar-refractivity contribution in [2.45, 2.75) is 19.4 Å². The molecule has 0 radical (unpaired) electrons. The van der Waals surface area contributed by atoms with E-state index in [1.54, 1.807) is 12.4 Å². The molecule has 1 atom stereocenters. The number of carbonyl (C=O) groups is 1. The van der Waals surface area contributed by atoms with Crippen molar-refractivity contribution in [2.24, 2.45) is 0 Å². The maximum atomic E-state index is 11.3. The van der Waals surface area contributed by atoms with E-state index in [-0.39, 0.29) is 12.0 Å². The first-order valence-corrected chi connectivity index (χ1v) is 5.04. The number of fused-ring (bicyclic) bond motifs is 1. The first kappa shape index (κ1) is 8.50. The second-order valence-corrected chi connectivity index (χ2v) is 3.64. The molecule has 0 saturated heterocycles. The Bertz CT molecular complexity index is 303. The number of aromatic nitrogens is 1. The SMILES string of the molecule is CCOC(=O)C1Cc2ncsc2N1. The molecule has 1 unspecified atom stereocenters. The quantitative estimate of drug-likeness (QED) is 0.721. The van der Waals surface area contributed by atoms with Gasteiger partial charge in [0.2, 0.25) is 0 Å². The second-order valence-electron chi connectivity index (χ2n) is 2.78.